The quantitative estimate of drug-likeness (QED) is 0.769. The summed E-state index contributed by atoms with van der Waals surface area (Å²) in [5.41, 5.74) is 1.48. The third-order valence-electron chi connectivity index (χ3n) is 5.29. The number of nitriles is 1. The van der Waals surface area contributed by atoms with Crippen LogP contribution in [-0.2, 0) is 13.0 Å². The van der Waals surface area contributed by atoms with E-state index in [9.17, 15) is 5.26 Å². The Kier molecular flexibility index (Phi) is 5.01. The molecule has 2 aromatic rings. The van der Waals surface area contributed by atoms with Crippen molar-refractivity contribution >= 4 is 11.6 Å². The van der Waals surface area contributed by atoms with Gasteiger partial charge in [0, 0.05) is 18.5 Å². The molecule has 26 heavy (non-hydrogen) atoms. The molecule has 0 N–H and O–H groups in total. The molecule has 1 aliphatic heterocycles. The van der Waals surface area contributed by atoms with Gasteiger partial charge in [-0.15, -0.1) is 10.2 Å². The van der Waals surface area contributed by atoms with Gasteiger partial charge in [0.15, 0.2) is 5.82 Å². The molecule has 134 valence electrons. The minimum absolute atomic E-state index is 0.291. The number of allylic oxidation sites excluding steroid dienone is 1. The Bertz CT molecular complexity index is 840. The Morgan fingerprint density at radius 1 is 1.12 bits per heavy atom. The molecule has 5 heteroatoms. The topological polar surface area (TPSA) is 63.7 Å². The SMILES string of the molecule is N#C/C(=C\c1ccccc1OC1CCCC1)c1nnc2n1CCCCC2. The lowest BCUT2D eigenvalue weighted by atomic mass is 10.1. The van der Waals surface area contributed by atoms with Crippen LogP contribution in [0.2, 0.25) is 0 Å². The van der Waals surface area contributed by atoms with Crippen LogP contribution in [0.25, 0.3) is 11.6 Å². The van der Waals surface area contributed by atoms with Crippen LogP contribution in [-0.4, -0.2) is 20.9 Å². The fourth-order valence-electron chi connectivity index (χ4n) is 3.88. The number of rotatable bonds is 4. The first-order valence-electron chi connectivity index (χ1n) is 9.65. The van der Waals surface area contributed by atoms with Crippen LogP contribution in [0.1, 0.15) is 62.2 Å². The molecule has 1 aromatic carbocycles. The lowest BCUT2D eigenvalue weighted by molar-refractivity contribution is 0.209. The number of hydrogen-bond acceptors (Lipinski definition) is 4. The molecule has 4 rings (SSSR count). The summed E-state index contributed by atoms with van der Waals surface area (Å²) in [6.07, 6.45) is 11.3. The summed E-state index contributed by atoms with van der Waals surface area (Å²) in [6.45, 7) is 0.886. The predicted molar refractivity (Wildman–Crippen MR) is 100 cm³/mol. The third kappa shape index (κ3) is 3.50. The minimum atomic E-state index is 0.291. The molecule has 0 amide bonds. The van der Waals surface area contributed by atoms with Crippen molar-refractivity contribution < 1.29 is 4.74 Å². The number of ether oxygens (including phenoxy) is 1. The Morgan fingerprint density at radius 3 is 2.81 bits per heavy atom. The summed E-state index contributed by atoms with van der Waals surface area (Å²) in [7, 11) is 0. The molecule has 1 fully saturated rings. The van der Waals surface area contributed by atoms with E-state index in [4.69, 9.17) is 4.74 Å². The Balaban J connectivity index is 1.66. The molecule has 1 aliphatic carbocycles. The van der Waals surface area contributed by atoms with Crippen LogP contribution in [0.15, 0.2) is 24.3 Å². The van der Waals surface area contributed by atoms with Gasteiger partial charge in [-0.1, -0.05) is 24.6 Å². The van der Waals surface area contributed by atoms with E-state index in [1.807, 2.05) is 30.3 Å². The molecule has 0 spiro atoms. The van der Waals surface area contributed by atoms with Crippen molar-refractivity contribution in [2.45, 2.75) is 64.0 Å². The van der Waals surface area contributed by atoms with Crippen LogP contribution in [0.4, 0.5) is 0 Å². The van der Waals surface area contributed by atoms with Crippen LogP contribution >= 0.6 is 0 Å². The number of para-hydroxylation sites is 1. The number of fused-ring (bicyclic) bond motifs is 1. The average molecular weight is 348 g/mol. The monoisotopic (exact) mass is 348 g/mol. The molecule has 1 aromatic heterocycles. The van der Waals surface area contributed by atoms with Crippen molar-refractivity contribution in [3.63, 3.8) is 0 Å². The van der Waals surface area contributed by atoms with Gasteiger partial charge in [0.2, 0.25) is 0 Å². The number of aryl methyl sites for hydroxylation is 1. The van der Waals surface area contributed by atoms with E-state index >= 15 is 0 Å². The van der Waals surface area contributed by atoms with E-state index in [0.717, 1.165) is 55.8 Å². The van der Waals surface area contributed by atoms with E-state index in [1.54, 1.807) is 0 Å². The molecule has 5 nitrogen and oxygen atoms in total. The van der Waals surface area contributed by atoms with E-state index in [2.05, 4.69) is 20.8 Å². The van der Waals surface area contributed by atoms with Crippen molar-refractivity contribution in [2.24, 2.45) is 0 Å². The summed E-state index contributed by atoms with van der Waals surface area (Å²) in [4.78, 5) is 0. The summed E-state index contributed by atoms with van der Waals surface area (Å²) >= 11 is 0. The van der Waals surface area contributed by atoms with Crippen LogP contribution in [0.3, 0.4) is 0 Å². The maximum atomic E-state index is 9.77. The lowest BCUT2D eigenvalue weighted by Crippen LogP contribution is -2.11. The number of nitrogens with zero attached hydrogens (tertiary/aromatic N) is 4. The Labute approximate surface area is 154 Å². The van der Waals surface area contributed by atoms with Gasteiger partial charge in [0.05, 0.1) is 11.7 Å². The van der Waals surface area contributed by atoms with Gasteiger partial charge < -0.3 is 9.30 Å². The van der Waals surface area contributed by atoms with Gasteiger partial charge in [-0.2, -0.15) is 5.26 Å². The second kappa shape index (κ2) is 7.74. The summed E-state index contributed by atoms with van der Waals surface area (Å²) in [5, 5.41) is 18.4. The molecule has 2 aliphatic rings. The highest BCUT2D eigenvalue weighted by Gasteiger charge is 2.20. The van der Waals surface area contributed by atoms with E-state index < -0.39 is 0 Å². The highest BCUT2D eigenvalue weighted by molar-refractivity contribution is 5.88. The molecule has 1 saturated carbocycles. The smallest absolute Gasteiger partial charge is 0.174 e. The first kappa shape index (κ1) is 16.8. The Morgan fingerprint density at radius 2 is 1.96 bits per heavy atom. The molecular weight excluding hydrogens is 324 g/mol. The number of benzene rings is 1. The van der Waals surface area contributed by atoms with Gasteiger partial charge in [-0.05, 0) is 50.7 Å². The maximum Gasteiger partial charge on any atom is 0.174 e. The highest BCUT2D eigenvalue weighted by Crippen LogP contribution is 2.29. The van der Waals surface area contributed by atoms with Crippen molar-refractivity contribution in [3.05, 3.63) is 41.5 Å². The molecule has 2 heterocycles. The fourth-order valence-corrected chi connectivity index (χ4v) is 3.88. The van der Waals surface area contributed by atoms with Gasteiger partial charge in [-0.25, -0.2) is 0 Å². The van der Waals surface area contributed by atoms with Crippen LogP contribution < -0.4 is 4.74 Å². The largest absolute Gasteiger partial charge is 0.490 e. The molecule has 0 atom stereocenters. The summed E-state index contributed by atoms with van der Waals surface area (Å²) in [5.74, 6) is 2.52. The highest BCUT2D eigenvalue weighted by atomic mass is 16.5. The third-order valence-corrected chi connectivity index (χ3v) is 5.29. The number of hydrogen-bond donors (Lipinski definition) is 0. The second-order valence-corrected chi connectivity index (χ2v) is 7.13. The zero-order valence-electron chi connectivity index (χ0n) is 15.0. The van der Waals surface area contributed by atoms with Gasteiger partial charge >= 0.3 is 0 Å². The summed E-state index contributed by atoms with van der Waals surface area (Å²) in [6, 6.07) is 10.3. The normalized spacial score (nSPS) is 18.2. The second-order valence-electron chi connectivity index (χ2n) is 7.13. The first-order valence-corrected chi connectivity index (χ1v) is 9.65. The fraction of sp³-hybridized carbons (Fsp3) is 0.476. The Hall–Kier alpha value is -2.61. The van der Waals surface area contributed by atoms with Gasteiger partial charge in [-0.3, -0.25) is 0 Å². The maximum absolute atomic E-state index is 9.77. The van der Waals surface area contributed by atoms with Crippen molar-refractivity contribution in [3.8, 4) is 11.8 Å². The van der Waals surface area contributed by atoms with Crippen molar-refractivity contribution in [2.75, 3.05) is 0 Å². The van der Waals surface area contributed by atoms with Gasteiger partial charge in [0.25, 0.3) is 0 Å². The zero-order valence-corrected chi connectivity index (χ0v) is 15.0. The van der Waals surface area contributed by atoms with Gasteiger partial charge in [0.1, 0.15) is 17.6 Å². The zero-order chi connectivity index (χ0) is 17.8. The average Bonchev–Trinajstić information content (AvgIpc) is 3.26. The predicted octanol–water partition coefficient (Wildman–Crippen LogP) is 4.39. The molecule has 0 saturated heterocycles. The molecule has 0 bridgehead atoms. The van der Waals surface area contributed by atoms with E-state index in [1.165, 1.54) is 19.3 Å². The van der Waals surface area contributed by atoms with Crippen LogP contribution in [0, 0.1) is 11.3 Å². The van der Waals surface area contributed by atoms with E-state index in [0.29, 0.717) is 17.5 Å². The molecule has 0 radical (unpaired) electrons. The van der Waals surface area contributed by atoms with Crippen LogP contribution in [0.5, 0.6) is 5.75 Å². The van der Waals surface area contributed by atoms with Crippen molar-refractivity contribution in [1.82, 2.24) is 14.8 Å². The van der Waals surface area contributed by atoms with E-state index in [-0.39, 0.29) is 0 Å². The summed E-state index contributed by atoms with van der Waals surface area (Å²) < 4.78 is 8.32. The van der Waals surface area contributed by atoms with Crippen molar-refractivity contribution in [1.29, 1.82) is 5.26 Å². The molecular formula is C21H24N4O. The standard InChI is InChI=1S/C21H24N4O/c22-15-17(21-24-23-20-12-2-1-7-13-25(20)21)14-16-8-3-6-11-19(16)26-18-9-4-5-10-18/h3,6,8,11,14,18H,1-2,4-5,7,9-10,12-13H2/b17-14+. The minimum Gasteiger partial charge on any atom is -0.490 e. The first-order chi connectivity index (χ1) is 12.8. The number of aromatic nitrogens is 3. The molecule has 0 unspecified atom stereocenters. The lowest BCUT2D eigenvalue weighted by Gasteiger charge is -2.15.